The Hall–Kier alpha value is -2.37. The molecule has 6 nitrogen and oxygen atoms in total. The minimum absolute atomic E-state index is 0.00875. The summed E-state index contributed by atoms with van der Waals surface area (Å²) < 4.78 is 0. The smallest absolute Gasteiger partial charge is 0.303 e. The van der Waals surface area contributed by atoms with E-state index in [0.717, 1.165) is 17.7 Å². The van der Waals surface area contributed by atoms with E-state index in [9.17, 15) is 14.4 Å². The van der Waals surface area contributed by atoms with E-state index in [2.05, 4.69) is 5.32 Å². The van der Waals surface area contributed by atoms with Gasteiger partial charge in [-0.05, 0) is 36.6 Å². The van der Waals surface area contributed by atoms with Crippen molar-refractivity contribution < 1.29 is 19.5 Å². The molecule has 0 bridgehead atoms. The molecule has 1 aliphatic rings. The second kappa shape index (κ2) is 6.39. The molecule has 1 aromatic carbocycles. The quantitative estimate of drug-likeness (QED) is 0.865. The molecule has 0 fully saturated rings. The van der Waals surface area contributed by atoms with Crippen molar-refractivity contribution in [2.24, 2.45) is 0 Å². The van der Waals surface area contributed by atoms with Crippen LogP contribution < -0.4 is 10.2 Å². The van der Waals surface area contributed by atoms with Crippen molar-refractivity contribution >= 4 is 29.2 Å². The number of hydrogen-bond donors (Lipinski definition) is 2. The lowest BCUT2D eigenvalue weighted by Crippen LogP contribution is -2.25. The number of benzene rings is 1. The standard InChI is InChI=1S/C15H18N2O4/c1-10(18)17-8-7-11-9-12(5-6-13(11)17)16-14(19)3-2-4-15(20)21/h5-6,9H,2-4,7-8H2,1H3,(H,16,19)(H,20,21). The average molecular weight is 290 g/mol. The topological polar surface area (TPSA) is 86.7 Å². The first-order valence-electron chi connectivity index (χ1n) is 6.90. The number of carbonyl (C=O) groups is 3. The number of carboxylic acids is 1. The molecule has 0 saturated carbocycles. The molecule has 112 valence electrons. The number of carboxylic acid groups (broad SMARTS) is 1. The molecule has 0 aliphatic carbocycles. The molecular weight excluding hydrogens is 272 g/mol. The van der Waals surface area contributed by atoms with Crippen molar-refractivity contribution in [3.05, 3.63) is 23.8 Å². The van der Waals surface area contributed by atoms with E-state index in [1.165, 1.54) is 6.92 Å². The highest BCUT2D eigenvalue weighted by molar-refractivity contribution is 5.95. The Bertz CT molecular complexity index is 583. The van der Waals surface area contributed by atoms with Gasteiger partial charge in [-0.2, -0.15) is 0 Å². The first-order chi connectivity index (χ1) is 9.97. The van der Waals surface area contributed by atoms with Gasteiger partial charge in [0.25, 0.3) is 0 Å². The van der Waals surface area contributed by atoms with Crippen LogP contribution in [0.3, 0.4) is 0 Å². The molecule has 0 saturated heterocycles. The van der Waals surface area contributed by atoms with Crippen molar-refractivity contribution in [3.63, 3.8) is 0 Å². The predicted octanol–water partition coefficient (Wildman–Crippen LogP) is 1.79. The number of carbonyl (C=O) groups excluding carboxylic acids is 2. The van der Waals surface area contributed by atoms with Crippen LogP contribution in [0.15, 0.2) is 18.2 Å². The van der Waals surface area contributed by atoms with E-state index < -0.39 is 5.97 Å². The Balaban J connectivity index is 1.95. The number of rotatable bonds is 5. The minimum Gasteiger partial charge on any atom is -0.481 e. The molecule has 2 N–H and O–H groups in total. The van der Waals surface area contributed by atoms with Crippen LogP contribution in [-0.2, 0) is 20.8 Å². The molecule has 1 heterocycles. The molecule has 0 radical (unpaired) electrons. The van der Waals surface area contributed by atoms with Crippen LogP contribution in [0.5, 0.6) is 0 Å². The third kappa shape index (κ3) is 3.81. The largest absolute Gasteiger partial charge is 0.481 e. The molecule has 0 spiro atoms. The maximum Gasteiger partial charge on any atom is 0.303 e. The maximum absolute atomic E-state index is 11.7. The number of nitrogens with zero attached hydrogens (tertiary/aromatic N) is 1. The monoisotopic (exact) mass is 290 g/mol. The maximum atomic E-state index is 11.7. The van der Waals surface area contributed by atoms with Gasteiger partial charge < -0.3 is 15.3 Å². The normalized spacial score (nSPS) is 12.9. The summed E-state index contributed by atoms with van der Waals surface area (Å²) in [6.07, 6.45) is 1.27. The second-order valence-corrected chi connectivity index (χ2v) is 5.06. The third-order valence-corrected chi connectivity index (χ3v) is 3.43. The van der Waals surface area contributed by atoms with E-state index in [-0.39, 0.29) is 24.7 Å². The van der Waals surface area contributed by atoms with Crippen LogP contribution in [0, 0.1) is 0 Å². The van der Waals surface area contributed by atoms with Gasteiger partial charge in [-0.1, -0.05) is 0 Å². The van der Waals surface area contributed by atoms with Crippen molar-refractivity contribution in [2.75, 3.05) is 16.8 Å². The summed E-state index contributed by atoms with van der Waals surface area (Å²) >= 11 is 0. The molecule has 2 amide bonds. The van der Waals surface area contributed by atoms with E-state index in [4.69, 9.17) is 5.11 Å². The number of nitrogens with one attached hydrogen (secondary N) is 1. The predicted molar refractivity (Wildman–Crippen MR) is 78.3 cm³/mol. The van der Waals surface area contributed by atoms with E-state index in [0.29, 0.717) is 18.7 Å². The molecule has 0 aromatic heterocycles. The van der Waals surface area contributed by atoms with E-state index in [1.807, 2.05) is 12.1 Å². The lowest BCUT2D eigenvalue weighted by Gasteiger charge is -2.15. The van der Waals surface area contributed by atoms with E-state index >= 15 is 0 Å². The molecule has 0 atom stereocenters. The molecule has 1 aromatic rings. The number of anilines is 2. The Morgan fingerprint density at radius 1 is 1.29 bits per heavy atom. The van der Waals surface area contributed by atoms with Gasteiger partial charge in [0, 0.05) is 37.7 Å². The van der Waals surface area contributed by atoms with Crippen LogP contribution >= 0.6 is 0 Å². The highest BCUT2D eigenvalue weighted by Gasteiger charge is 2.22. The summed E-state index contributed by atoms with van der Waals surface area (Å²) in [4.78, 5) is 35.3. The summed E-state index contributed by atoms with van der Waals surface area (Å²) in [5.41, 5.74) is 2.61. The Kier molecular flexibility index (Phi) is 4.57. The summed E-state index contributed by atoms with van der Waals surface area (Å²) in [5.74, 6) is -1.08. The Morgan fingerprint density at radius 2 is 2.05 bits per heavy atom. The molecule has 6 heteroatoms. The summed E-state index contributed by atoms with van der Waals surface area (Å²) in [6.45, 7) is 2.20. The van der Waals surface area contributed by atoms with Gasteiger partial charge >= 0.3 is 5.97 Å². The molecule has 1 aliphatic heterocycles. The zero-order chi connectivity index (χ0) is 15.4. The highest BCUT2D eigenvalue weighted by Crippen LogP contribution is 2.30. The van der Waals surface area contributed by atoms with E-state index in [1.54, 1.807) is 11.0 Å². The molecular formula is C15H18N2O4. The fourth-order valence-electron chi connectivity index (χ4n) is 2.43. The van der Waals surface area contributed by atoms with Crippen LogP contribution in [0.4, 0.5) is 11.4 Å². The van der Waals surface area contributed by atoms with Crippen LogP contribution in [-0.4, -0.2) is 29.4 Å². The summed E-state index contributed by atoms with van der Waals surface area (Å²) in [7, 11) is 0. The van der Waals surface area contributed by atoms with Gasteiger partial charge in [-0.3, -0.25) is 14.4 Å². The van der Waals surface area contributed by atoms with Crippen molar-refractivity contribution in [1.82, 2.24) is 0 Å². The van der Waals surface area contributed by atoms with Gasteiger partial charge in [0.15, 0.2) is 0 Å². The van der Waals surface area contributed by atoms with Crippen molar-refractivity contribution in [3.8, 4) is 0 Å². The van der Waals surface area contributed by atoms with Crippen LogP contribution in [0.25, 0.3) is 0 Å². The van der Waals surface area contributed by atoms with Crippen molar-refractivity contribution in [2.45, 2.75) is 32.6 Å². The Morgan fingerprint density at radius 3 is 2.71 bits per heavy atom. The number of fused-ring (bicyclic) bond motifs is 1. The average Bonchev–Trinajstić information content (AvgIpc) is 2.81. The summed E-state index contributed by atoms with van der Waals surface area (Å²) in [6, 6.07) is 5.46. The van der Waals surface area contributed by atoms with Gasteiger partial charge in [-0.15, -0.1) is 0 Å². The lowest BCUT2D eigenvalue weighted by atomic mass is 10.1. The lowest BCUT2D eigenvalue weighted by molar-refractivity contribution is -0.137. The third-order valence-electron chi connectivity index (χ3n) is 3.43. The number of hydrogen-bond acceptors (Lipinski definition) is 3. The fraction of sp³-hybridized carbons (Fsp3) is 0.400. The molecule has 2 rings (SSSR count). The van der Waals surface area contributed by atoms with Crippen molar-refractivity contribution in [1.29, 1.82) is 0 Å². The molecule has 0 unspecified atom stereocenters. The first-order valence-corrected chi connectivity index (χ1v) is 6.90. The van der Waals surface area contributed by atoms with Gasteiger partial charge in [0.1, 0.15) is 0 Å². The summed E-state index contributed by atoms with van der Waals surface area (Å²) in [5, 5.41) is 11.3. The zero-order valence-electron chi connectivity index (χ0n) is 11.9. The second-order valence-electron chi connectivity index (χ2n) is 5.06. The van der Waals surface area contributed by atoms with Gasteiger partial charge in [0.05, 0.1) is 0 Å². The van der Waals surface area contributed by atoms with Crippen LogP contribution in [0.1, 0.15) is 31.7 Å². The minimum atomic E-state index is -0.898. The van der Waals surface area contributed by atoms with Crippen LogP contribution in [0.2, 0.25) is 0 Å². The Labute approximate surface area is 122 Å². The SMILES string of the molecule is CC(=O)N1CCc2cc(NC(=O)CCCC(=O)O)ccc21. The fourth-order valence-corrected chi connectivity index (χ4v) is 2.43. The number of aliphatic carboxylic acids is 1. The first kappa shape index (κ1) is 15.0. The van der Waals surface area contributed by atoms with Gasteiger partial charge in [0.2, 0.25) is 11.8 Å². The van der Waals surface area contributed by atoms with Gasteiger partial charge in [-0.25, -0.2) is 0 Å². The zero-order valence-corrected chi connectivity index (χ0v) is 11.9. The highest BCUT2D eigenvalue weighted by atomic mass is 16.4. The number of amides is 2. The molecule has 21 heavy (non-hydrogen) atoms.